The molecule has 1 aromatic rings. The molecule has 1 unspecified atom stereocenters. The van der Waals surface area contributed by atoms with Crippen LogP contribution in [0.2, 0.25) is 0 Å². The quantitative estimate of drug-likeness (QED) is 0.818. The van der Waals surface area contributed by atoms with Gasteiger partial charge in [0.2, 0.25) is 0 Å². The van der Waals surface area contributed by atoms with E-state index in [1.165, 1.54) is 6.42 Å². The first-order valence-corrected chi connectivity index (χ1v) is 7.02. The van der Waals surface area contributed by atoms with E-state index in [2.05, 4.69) is 10.2 Å². The van der Waals surface area contributed by atoms with E-state index in [1.54, 1.807) is 19.2 Å². The third kappa shape index (κ3) is 3.42. The first kappa shape index (κ1) is 14.7. The maximum absolute atomic E-state index is 11.9. The van der Waals surface area contributed by atoms with E-state index in [1.807, 2.05) is 13.1 Å². The molecule has 20 heavy (non-hydrogen) atoms. The van der Waals surface area contributed by atoms with Crippen LogP contribution in [0.25, 0.3) is 0 Å². The number of nitrogen functional groups attached to an aromatic ring is 1. The molecular weight excluding hydrogens is 254 g/mol. The second-order valence-electron chi connectivity index (χ2n) is 5.32. The van der Waals surface area contributed by atoms with Crippen LogP contribution in [-0.2, 0) is 4.74 Å². The van der Waals surface area contributed by atoms with Crippen LogP contribution in [0.3, 0.4) is 0 Å². The van der Waals surface area contributed by atoms with Gasteiger partial charge in [-0.2, -0.15) is 0 Å². The van der Waals surface area contributed by atoms with Crippen molar-refractivity contribution in [3.8, 4) is 0 Å². The fraction of sp³-hybridized carbons (Fsp3) is 0.533. The highest BCUT2D eigenvalue weighted by Crippen LogP contribution is 2.25. The summed E-state index contributed by atoms with van der Waals surface area (Å²) >= 11 is 0. The Morgan fingerprint density at radius 1 is 1.55 bits per heavy atom. The number of nitrogens with zero attached hydrogens (tertiary/aromatic N) is 1. The smallest absolute Gasteiger partial charge is 0.253 e. The fourth-order valence-corrected chi connectivity index (χ4v) is 2.63. The summed E-state index contributed by atoms with van der Waals surface area (Å²) < 4.78 is 5.51. The molecule has 2 rings (SSSR count). The van der Waals surface area contributed by atoms with Crippen LogP contribution in [0, 0.1) is 5.92 Å². The Bertz CT molecular complexity index is 470. The van der Waals surface area contributed by atoms with Gasteiger partial charge in [0.25, 0.3) is 5.91 Å². The minimum atomic E-state index is -0.0910. The Hall–Kier alpha value is -1.75. The zero-order valence-corrected chi connectivity index (χ0v) is 12.2. The lowest BCUT2D eigenvalue weighted by atomic mass is 10.0. The molecule has 3 N–H and O–H groups in total. The molecule has 1 aliphatic heterocycles. The van der Waals surface area contributed by atoms with Gasteiger partial charge >= 0.3 is 0 Å². The molecular formula is C15H23N3O2. The number of anilines is 2. The first-order valence-electron chi connectivity index (χ1n) is 7.02. The average Bonchev–Trinajstić information content (AvgIpc) is 2.47. The fourth-order valence-electron chi connectivity index (χ4n) is 2.63. The van der Waals surface area contributed by atoms with Gasteiger partial charge < -0.3 is 20.7 Å². The lowest BCUT2D eigenvalue weighted by Crippen LogP contribution is -2.32. The van der Waals surface area contributed by atoms with Gasteiger partial charge in [0.15, 0.2) is 0 Å². The van der Waals surface area contributed by atoms with E-state index in [0.717, 1.165) is 31.9 Å². The lowest BCUT2D eigenvalue weighted by Gasteiger charge is -2.29. The Labute approximate surface area is 120 Å². The maximum Gasteiger partial charge on any atom is 0.253 e. The van der Waals surface area contributed by atoms with E-state index in [-0.39, 0.29) is 5.91 Å². The van der Waals surface area contributed by atoms with Crippen molar-refractivity contribution in [1.29, 1.82) is 0 Å². The average molecular weight is 277 g/mol. The van der Waals surface area contributed by atoms with Crippen LogP contribution in [0.4, 0.5) is 11.4 Å². The molecule has 0 aliphatic carbocycles. The molecule has 0 radical (unpaired) electrons. The van der Waals surface area contributed by atoms with Crippen molar-refractivity contribution >= 4 is 17.3 Å². The third-order valence-electron chi connectivity index (χ3n) is 3.69. The number of nitrogens with one attached hydrogen (secondary N) is 1. The molecule has 1 aliphatic rings. The van der Waals surface area contributed by atoms with Crippen molar-refractivity contribution in [3.63, 3.8) is 0 Å². The molecule has 0 spiro atoms. The summed E-state index contributed by atoms with van der Waals surface area (Å²) in [6, 6.07) is 5.39. The van der Waals surface area contributed by atoms with Crippen molar-refractivity contribution in [2.24, 2.45) is 5.92 Å². The number of ether oxygens (including phenoxy) is 1. The third-order valence-corrected chi connectivity index (χ3v) is 3.69. The molecule has 1 amide bonds. The van der Waals surface area contributed by atoms with Crippen LogP contribution >= 0.6 is 0 Å². The van der Waals surface area contributed by atoms with Crippen molar-refractivity contribution < 1.29 is 9.53 Å². The molecule has 5 nitrogen and oxygen atoms in total. The number of rotatable bonds is 4. The van der Waals surface area contributed by atoms with Crippen molar-refractivity contribution in [2.45, 2.75) is 12.8 Å². The molecule has 1 fully saturated rings. The minimum Gasteiger partial charge on any atom is -0.399 e. The van der Waals surface area contributed by atoms with Gasteiger partial charge in [-0.1, -0.05) is 0 Å². The SMILES string of the molecule is CNC(=O)c1ccc(N)cc1N(C)CC1CCCOC1. The van der Waals surface area contributed by atoms with E-state index >= 15 is 0 Å². The molecule has 5 heteroatoms. The highest BCUT2D eigenvalue weighted by Gasteiger charge is 2.19. The molecule has 0 aromatic heterocycles. The summed E-state index contributed by atoms with van der Waals surface area (Å²) in [5.41, 5.74) is 8.05. The zero-order valence-electron chi connectivity index (χ0n) is 12.2. The Morgan fingerprint density at radius 2 is 2.35 bits per heavy atom. The molecule has 0 saturated carbocycles. The highest BCUT2D eigenvalue weighted by molar-refractivity contribution is 6.00. The number of benzene rings is 1. The highest BCUT2D eigenvalue weighted by atomic mass is 16.5. The predicted molar refractivity (Wildman–Crippen MR) is 81.1 cm³/mol. The molecule has 1 atom stereocenters. The maximum atomic E-state index is 11.9. The number of carbonyl (C=O) groups is 1. The van der Waals surface area contributed by atoms with Crippen LogP contribution in [0.1, 0.15) is 23.2 Å². The molecule has 110 valence electrons. The lowest BCUT2D eigenvalue weighted by molar-refractivity contribution is 0.0576. The number of nitrogens with two attached hydrogens (primary N) is 1. The number of carbonyl (C=O) groups excluding carboxylic acids is 1. The Kier molecular flexibility index (Phi) is 4.84. The zero-order chi connectivity index (χ0) is 14.5. The monoisotopic (exact) mass is 277 g/mol. The van der Waals surface area contributed by atoms with Gasteiger partial charge in [-0.3, -0.25) is 4.79 Å². The van der Waals surface area contributed by atoms with E-state index in [9.17, 15) is 4.79 Å². The Balaban J connectivity index is 2.16. The molecule has 1 saturated heterocycles. The second-order valence-corrected chi connectivity index (χ2v) is 5.32. The van der Waals surface area contributed by atoms with Gasteiger partial charge in [0.1, 0.15) is 0 Å². The number of hydrogen-bond acceptors (Lipinski definition) is 4. The largest absolute Gasteiger partial charge is 0.399 e. The summed E-state index contributed by atoms with van der Waals surface area (Å²) in [5, 5.41) is 2.67. The summed E-state index contributed by atoms with van der Waals surface area (Å²) in [6.45, 7) is 2.53. The summed E-state index contributed by atoms with van der Waals surface area (Å²) in [4.78, 5) is 14.0. The summed E-state index contributed by atoms with van der Waals surface area (Å²) in [5.74, 6) is 0.416. The topological polar surface area (TPSA) is 67.6 Å². The van der Waals surface area contributed by atoms with E-state index < -0.39 is 0 Å². The van der Waals surface area contributed by atoms with E-state index in [4.69, 9.17) is 10.5 Å². The molecule has 1 aromatic carbocycles. The van der Waals surface area contributed by atoms with Crippen LogP contribution < -0.4 is 16.0 Å². The Morgan fingerprint density at radius 3 is 3.00 bits per heavy atom. The molecule has 0 bridgehead atoms. The number of amides is 1. The van der Waals surface area contributed by atoms with E-state index in [0.29, 0.717) is 17.2 Å². The first-order chi connectivity index (χ1) is 9.61. The predicted octanol–water partition coefficient (Wildman–Crippen LogP) is 1.49. The van der Waals surface area contributed by atoms with Crippen LogP contribution in [-0.4, -0.2) is 39.8 Å². The van der Waals surface area contributed by atoms with Crippen molar-refractivity contribution in [2.75, 3.05) is 44.5 Å². The van der Waals surface area contributed by atoms with Gasteiger partial charge in [0, 0.05) is 32.9 Å². The summed E-state index contributed by atoms with van der Waals surface area (Å²) in [6.07, 6.45) is 2.28. The summed E-state index contributed by atoms with van der Waals surface area (Å²) in [7, 11) is 3.63. The minimum absolute atomic E-state index is 0.0910. The molecule has 1 heterocycles. The van der Waals surface area contributed by atoms with Gasteiger partial charge in [-0.25, -0.2) is 0 Å². The normalized spacial score (nSPS) is 18.6. The second kappa shape index (κ2) is 6.61. The van der Waals surface area contributed by atoms with Crippen molar-refractivity contribution in [3.05, 3.63) is 23.8 Å². The standard InChI is InChI=1S/C15H23N3O2/c1-17-15(19)13-6-5-12(16)8-14(13)18(2)9-11-4-3-7-20-10-11/h5-6,8,11H,3-4,7,9-10,16H2,1-2H3,(H,17,19). The van der Waals surface area contributed by atoms with Crippen LogP contribution in [0.5, 0.6) is 0 Å². The van der Waals surface area contributed by atoms with Gasteiger partial charge in [0.05, 0.1) is 17.9 Å². The van der Waals surface area contributed by atoms with Crippen LogP contribution in [0.15, 0.2) is 18.2 Å². The van der Waals surface area contributed by atoms with Crippen molar-refractivity contribution in [1.82, 2.24) is 5.32 Å². The number of hydrogen-bond donors (Lipinski definition) is 2. The van der Waals surface area contributed by atoms with Gasteiger partial charge in [-0.05, 0) is 37.0 Å². The van der Waals surface area contributed by atoms with Gasteiger partial charge in [-0.15, -0.1) is 0 Å².